The van der Waals surface area contributed by atoms with Crippen molar-refractivity contribution in [2.75, 3.05) is 27.7 Å². The first kappa shape index (κ1) is 17.0. The number of ether oxygens (including phenoxy) is 1. The number of nitrogens with zero attached hydrogens (tertiary/aromatic N) is 1. The Hall–Kier alpha value is -1.07. The van der Waals surface area contributed by atoms with Crippen molar-refractivity contribution in [2.24, 2.45) is 5.92 Å². The molecule has 20 heavy (non-hydrogen) atoms. The number of likely N-dealkylation sites (N-methyl/N-ethyl adjacent to an activating group) is 1. The van der Waals surface area contributed by atoms with Gasteiger partial charge in [0.15, 0.2) is 0 Å². The molecule has 0 fully saturated rings. The number of carbonyl (C=O) groups is 1. The number of hydrogen-bond acceptors (Lipinski definition) is 3. The summed E-state index contributed by atoms with van der Waals surface area (Å²) in [5.74, 6) is 1.13. The van der Waals surface area contributed by atoms with Crippen LogP contribution in [0.2, 0.25) is 0 Å². The Morgan fingerprint density at radius 1 is 1.40 bits per heavy atom. The van der Waals surface area contributed by atoms with E-state index in [-0.39, 0.29) is 5.91 Å². The van der Waals surface area contributed by atoms with Crippen LogP contribution in [0.15, 0.2) is 22.7 Å². The quantitative estimate of drug-likeness (QED) is 0.864. The van der Waals surface area contributed by atoms with Crippen LogP contribution in [-0.2, 0) is 0 Å². The molecule has 1 amide bonds. The van der Waals surface area contributed by atoms with Gasteiger partial charge in [-0.1, -0.05) is 13.8 Å². The molecule has 0 radical (unpaired) electrons. The molecule has 0 aliphatic heterocycles. The average molecular weight is 343 g/mol. The number of halogens is 1. The van der Waals surface area contributed by atoms with E-state index in [1.54, 1.807) is 25.3 Å². The van der Waals surface area contributed by atoms with Crippen molar-refractivity contribution in [1.82, 2.24) is 10.2 Å². The van der Waals surface area contributed by atoms with Crippen LogP contribution in [-0.4, -0.2) is 44.6 Å². The lowest BCUT2D eigenvalue weighted by atomic mass is 10.0. The number of amides is 1. The fourth-order valence-corrected chi connectivity index (χ4v) is 2.66. The largest absolute Gasteiger partial charge is 0.496 e. The van der Waals surface area contributed by atoms with E-state index in [9.17, 15) is 4.79 Å². The normalized spacial score (nSPS) is 12.6. The predicted octanol–water partition coefficient (Wildman–Crippen LogP) is 2.77. The maximum absolute atomic E-state index is 12.2. The number of nitrogens with one attached hydrogen (secondary N) is 1. The number of benzene rings is 1. The highest BCUT2D eigenvalue weighted by Crippen LogP contribution is 2.25. The van der Waals surface area contributed by atoms with Gasteiger partial charge in [0.05, 0.1) is 11.6 Å². The lowest BCUT2D eigenvalue weighted by molar-refractivity contribution is 0.0934. The first-order valence-corrected chi connectivity index (χ1v) is 7.44. The minimum atomic E-state index is -0.0687. The molecule has 0 aliphatic rings. The number of hydrogen-bond donors (Lipinski definition) is 1. The Balaban J connectivity index is 2.69. The summed E-state index contributed by atoms with van der Waals surface area (Å²) >= 11 is 3.39. The Morgan fingerprint density at radius 3 is 2.50 bits per heavy atom. The minimum absolute atomic E-state index is 0.0687. The highest BCUT2D eigenvalue weighted by molar-refractivity contribution is 9.10. The van der Waals surface area contributed by atoms with E-state index in [2.05, 4.69) is 40.0 Å². The molecule has 1 aromatic rings. The Labute approximate surface area is 129 Å². The number of carbonyl (C=O) groups excluding carboxylic acids is 1. The summed E-state index contributed by atoms with van der Waals surface area (Å²) in [7, 11) is 5.66. The van der Waals surface area contributed by atoms with Crippen molar-refractivity contribution in [2.45, 2.75) is 19.9 Å². The van der Waals surface area contributed by atoms with Crippen molar-refractivity contribution in [3.05, 3.63) is 28.2 Å². The molecule has 1 rings (SSSR count). The molecule has 1 atom stereocenters. The maximum Gasteiger partial charge on any atom is 0.251 e. The Morgan fingerprint density at radius 2 is 2.05 bits per heavy atom. The molecular weight excluding hydrogens is 320 g/mol. The zero-order valence-electron chi connectivity index (χ0n) is 12.7. The molecule has 0 spiro atoms. The van der Waals surface area contributed by atoms with Gasteiger partial charge < -0.3 is 15.0 Å². The second-order valence-corrected chi connectivity index (χ2v) is 6.19. The van der Waals surface area contributed by atoms with E-state index in [1.165, 1.54) is 0 Å². The first-order chi connectivity index (χ1) is 9.36. The molecule has 0 saturated carbocycles. The molecular formula is C15H23BrN2O2. The fraction of sp³-hybridized carbons (Fsp3) is 0.533. The third kappa shape index (κ3) is 4.49. The molecule has 1 unspecified atom stereocenters. The summed E-state index contributed by atoms with van der Waals surface area (Å²) in [5, 5.41) is 2.98. The topological polar surface area (TPSA) is 41.6 Å². The van der Waals surface area contributed by atoms with Gasteiger partial charge in [-0.3, -0.25) is 4.79 Å². The Bertz CT molecular complexity index is 453. The molecule has 0 bridgehead atoms. The number of methoxy groups -OCH3 is 1. The molecule has 4 nitrogen and oxygen atoms in total. The van der Waals surface area contributed by atoms with Gasteiger partial charge in [-0.25, -0.2) is 0 Å². The maximum atomic E-state index is 12.2. The van der Waals surface area contributed by atoms with Gasteiger partial charge in [-0.15, -0.1) is 0 Å². The predicted molar refractivity (Wildman–Crippen MR) is 85.3 cm³/mol. The summed E-state index contributed by atoms with van der Waals surface area (Å²) in [5.41, 5.74) is 0.624. The fourth-order valence-electron chi connectivity index (χ4n) is 2.12. The SMILES string of the molecule is COc1ccc(C(=O)NCC(C(C)C)N(C)C)cc1Br. The third-order valence-corrected chi connectivity index (χ3v) is 3.94. The average Bonchev–Trinajstić information content (AvgIpc) is 2.37. The van der Waals surface area contributed by atoms with Crippen LogP contribution in [0.1, 0.15) is 24.2 Å². The van der Waals surface area contributed by atoms with E-state index in [0.717, 1.165) is 10.2 Å². The molecule has 0 heterocycles. The van der Waals surface area contributed by atoms with E-state index in [1.807, 2.05) is 14.1 Å². The van der Waals surface area contributed by atoms with Crippen LogP contribution in [0, 0.1) is 5.92 Å². The van der Waals surface area contributed by atoms with Gasteiger partial charge in [0.25, 0.3) is 5.91 Å². The molecule has 0 saturated heterocycles. The van der Waals surface area contributed by atoms with Crippen LogP contribution in [0.3, 0.4) is 0 Å². The summed E-state index contributed by atoms with van der Waals surface area (Å²) in [6.07, 6.45) is 0. The third-order valence-electron chi connectivity index (χ3n) is 3.32. The molecule has 1 N–H and O–H groups in total. The van der Waals surface area contributed by atoms with Gasteiger partial charge >= 0.3 is 0 Å². The van der Waals surface area contributed by atoms with Crippen LogP contribution in [0.25, 0.3) is 0 Å². The van der Waals surface area contributed by atoms with Crippen molar-refractivity contribution < 1.29 is 9.53 Å². The standard InChI is InChI=1S/C15H23BrN2O2/c1-10(2)13(18(3)4)9-17-15(19)11-6-7-14(20-5)12(16)8-11/h6-8,10,13H,9H2,1-5H3,(H,17,19). The smallest absolute Gasteiger partial charge is 0.251 e. The minimum Gasteiger partial charge on any atom is -0.496 e. The van der Waals surface area contributed by atoms with Gasteiger partial charge in [0.1, 0.15) is 5.75 Å². The van der Waals surface area contributed by atoms with Crippen molar-refractivity contribution >= 4 is 21.8 Å². The lowest BCUT2D eigenvalue weighted by Gasteiger charge is -2.28. The van der Waals surface area contributed by atoms with Crippen molar-refractivity contribution in [3.8, 4) is 5.75 Å². The van der Waals surface area contributed by atoms with Crippen molar-refractivity contribution in [1.29, 1.82) is 0 Å². The van der Waals surface area contributed by atoms with Gasteiger partial charge in [0, 0.05) is 18.2 Å². The molecule has 0 aromatic heterocycles. The van der Waals surface area contributed by atoms with Crippen LogP contribution >= 0.6 is 15.9 Å². The molecule has 112 valence electrons. The van der Waals surface area contributed by atoms with E-state index in [4.69, 9.17) is 4.74 Å². The van der Waals surface area contributed by atoms with Crippen LogP contribution < -0.4 is 10.1 Å². The second kappa shape index (κ2) is 7.64. The van der Waals surface area contributed by atoms with Gasteiger partial charge in [-0.05, 0) is 54.1 Å². The Kier molecular flexibility index (Phi) is 6.49. The molecule has 5 heteroatoms. The van der Waals surface area contributed by atoms with Gasteiger partial charge in [-0.2, -0.15) is 0 Å². The molecule has 0 aliphatic carbocycles. The second-order valence-electron chi connectivity index (χ2n) is 5.33. The van der Waals surface area contributed by atoms with Crippen LogP contribution in [0.4, 0.5) is 0 Å². The summed E-state index contributed by atoms with van der Waals surface area (Å²) in [4.78, 5) is 14.3. The lowest BCUT2D eigenvalue weighted by Crippen LogP contribution is -2.43. The summed E-state index contributed by atoms with van der Waals surface area (Å²) in [6.45, 7) is 4.94. The summed E-state index contributed by atoms with van der Waals surface area (Å²) < 4.78 is 5.93. The summed E-state index contributed by atoms with van der Waals surface area (Å²) in [6, 6.07) is 5.64. The zero-order chi connectivity index (χ0) is 15.3. The van der Waals surface area contributed by atoms with E-state index in [0.29, 0.717) is 24.1 Å². The molecule has 1 aromatic carbocycles. The highest BCUT2D eigenvalue weighted by atomic mass is 79.9. The number of rotatable bonds is 6. The zero-order valence-corrected chi connectivity index (χ0v) is 14.3. The van der Waals surface area contributed by atoms with E-state index < -0.39 is 0 Å². The first-order valence-electron chi connectivity index (χ1n) is 6.65. The van der Waals surface area contributed by atoms with Gasteiger partial charge in [0.2, 0.25) is 0 Å². The van der Waals surface area contributed by atoms with Crippen LogP contribution in [0.5, 0.6) is 5.75 Å². The highest BCUT2D eigenvalue weighted by Gasteiger charge is 2.17. The monoisotopic (exact) mass is 342 g/mol. The van der Waals surface area contributed by atoms with Crippen molar-refractivity contribution in [3.63, 3.8) is 0 Å². The van der Waals surface area contributed by atoms with E-state index >= 15 is 0 Å².